The van der Waals surface area contributed by atoms with Gasteiger partial charge < -0.3 is 9.84 Å². The monoisotopic (exact) mass is 399 g/mol. The average Bonchev–Trinajstić information content (AvgIpc) is 2.55. The van der Waals surface area contributed by atoms with Gasteiger partial charge in [-0.25, -0.2) is 0 Å². The van der Waals surface area contributed by atoms with Gasteiger partial charge in [0, 0.05) is 26.2 Å². The van der Waals surface area contributed by atoms with E-state index >= 15 is 0 Å². The van der Waals surface area contributed by atoms with Crippen molar-refractivity contribution in [3.63, 3.8) is 0 Å². The molecule has 4 heteroatoms. The van der Waals surface area contributed by atoms with Crippen molar-refractivity contribution in [1.82, 2.24) is 4.90 Å². The van der Waals surface area contributed by atoms with Gasteiger partial charge in [0.2, 0.25) is 0 Å². The lowest BCUT2D eigenvalue weighted by Crippen LogP contribution is -2.47. The fourth-order valence-electron chi connectivity index (χ4n) is 3.64. The van der Waals surface area contributed by atoms with Crippen LogP contribution in [0, 0.1) is 5.92 Å². The second-order valence-corrected chi connectivity index (χ2v) is 8.54. The van der Waals surface area contributed by atoms with Crippen LogP contribution < -0.4 is 0 Å². The lowest BCUT2D eigenvalue weighted by atomic mass is 9.82. The fourth-order valence-corrected chi connectivity index (χ4v) is 3.64. The maximum atomic E-state index is 7.57. The van der Waals surface area contributed by atoms with Gasteiger partial charge in [-0.3, -0.25) is 4.90 Å². The molecule has 0 bridgehead atoms. The second-order valence-electron chi connectivity index (χ2n) is 8.54. The van der Waals surface area contributed by atoms with E-state index in [2.05, 4.69) is 70.7 Å². The van der Waals surface area contributed by atoms with E-state index in [4.69, 9.17) is 9.84 Å². The summed E-state index contributed by atoms with van der Waals surface area (Å²) < 4.78 is 5.83. The first-order valence-corrected chi connectivity index (χ1v) is 10.3. The first kappa shape index (κ1) is 26.4. The summed E-state index contributed by atoms with van der Waals surface area (Å²) in [5.41, 5.74) is 3.19. The Bertz CT molecular complexity index is 494. The van der Waals surface area contributed by atoms with Gasteiger partial charge in [0.15, 0.2) is 0 Å². The quantitative estimate of drug-likeness (QED) is 0.723. The highest BCUT2D eigenvalue weighted by Crippen LogP contribution is 2.27. The number of aliphatic hydroxyl groups is 1. The normalized spacial score (nSPS) is 21.6. The molecular weight excluding hydrogens is 358 g/mol. The van der Waals surface area contributed by atoms with E-state index in [1.165, 1.54) is 24.1 Å². The van der Waals surface area contributed by atoms with Crippen LogP contribution in [0.15, 0.2) is 24.3 Å². The van der Waals surface area contributed by atoms with Crippen LogP contribution in [0.5, 0.6) is 0 Å². The predicted molar refractivity (Wildman–Crippen MR) is 119 cm³/mol. The Morgan fingerprint density at radius 1 is 1.11 bits per heavy atom. The maximum Gasteiger partial charge on any atom is 0.0678 e. The standard InChI is InChI=1S/C21H35NO.C2H6O.ClH/c1-7-21(5,6)20-10-8-19(9-11-20)12-16(2)13-22-14-17(3)23-18(4)15-22;1-2-3;/h8-11,16-18H,7,12-15H2,1-6H3;3H,2H2,1H3;1H/t16?,17-,18+;;. The van der Waals surface area contributed by atoms with Gasteiger partial charge in [-0.15, -0.1) is 12.4 Å². The molecule has 0 saturated carbocycles. The number of nitrogens with zero attached hydrogens (tertiary/aromatic N) is 1. The van der Waals surface area contributed by atoms with Crippen LogP contribution in [-0.2, 0) is 16.6 Å². The Kier molecular flexibility index (Phi) is 12.5. The molecule has 0 radical (unpaired) electrons. The second kappa shape index (κ2) is 12.8. The third kappa shape index (κ3) is 9.43. The molecule has 1 aromatic rings. The van der Waals surface area contributed by atoms with Gasteiger partial charge in [0.05, 0.1) is 12.2 Å². The molecule has 1 aliphatic rings. The van der Waals surface area contributed by atoms with E-state index in [0.717, 1.165) is 19.5 Å². The van der Waals surface area contributed by atoms with E-state index < -0.39 is 0 Å². The van der Waals surface area contributed by atoms with Gasteiger partial charge in [0.25, 0.3) is 0 Å². The summed E-state index contributed by atoms with van der Waals surface area (Å²) in [6, 6.07) is 9.30. The lowest BCUT2D eigenvalue weighted by Gasteiger charge is -2.36. The molecule has 0 aromatic heterocycles. The first-order chi connectivity index (χ1) is 12.2. The molecule has 1 saturated heterocycles. The Hall–Kier alpha value is -0.610. The maximum absolute atomic E-state index is 7.57. The van der Waals surface area contributed by atoms with Crippen LogP contribution in [-0.4, -0.2) is 48.5 Å². The molecule has 27 heavy (non-hydrogen) atoms. The number of morpholine rings is 1. The lowest BCUT2D eigenvalue weighted by molar-refractivity contribution is -0.0708. The number of halogens is 1. The number of benzene rings is 1. The van der Waals surface area contributed by atoms with Crippen LogP contribution in [0.1, 0.15) is 66.0 Å². The minimum atomic E-state index is 0. The number of hydrogen-bond donors (Lipinski definition) is 1. The molecule has 1 unspecified atom stereocenters. The molecule has 3 nitrogen and oxygen atoms in total. The van der Waals surface area contributed by atoms with E-state index in [9.17, 15) is 0 Å². The minimum Gasteiger partial charge on any atom is -0.397 e. The SMILES string of the molecule is CCC(C)(C)c1ccc(CC(C)CN2C[C@@H](C)O[C@@H](C)C2)cc1.CCO.Cl. The van der Waals surface area contributed by atoms with Gasteiger partial charge >= 0.3 is 0 Å². The molecule has 1 aliphatic heterocycles. The fraction of sp³-hybridized carbons (Fsp3) is 0.739. The topological polar surface area (TPSA) is 32.7 Å². The zero-order valence-corrected chi connectivity index (χ0v) is 19.3. The Morgan fingerprint density at radius 2 is 1.59 bits per heavy atom. The largest absolute Gasteiger partial charge is 0.397 e. The first-order valence-electron chi connectivity index (χ1n) is 10.3. The number of hydrogen-bond acceptors (Lipinski definition) is 3. The van der Waals surface area contributed by atoms with Crippen LogP contribution in [0.2, 0.25) is 0 Å². The molecule has 1 heterocycles. The average molecular weight is 400 g/mol. The van der Waals surface area contributed by atoms with Gasteiger partial charge in [-0.2, -0.15) is 0 Å². The molecule has 1 aromatic carbocycles. The summed E-state index contributed by atoms with van der Waals surface area (Å²) in [6.45, 7) is 18.9. The zero-order valence-electron chi connectivity index (χ0n) is 18.5. The van der Waals surface area contributed by atoms with Gasteiger partial charge in [0.1, 0.15) is 0 Å². The van der Waals surface area contributed by atoms with Crippen molar-refractivity contribution in [3.8, 4) is 0 Å². The van der Waals surface area contributed by atoms with E-state index in [0.29, 0.717) is 18.1 Å². The van der Waals surface area contributed by atoms with Crippen molar-refractivity contribution in [3.05, 3.63) is 35.4 Å². The molecular formula is C23H42ClNO2. The molecule has 1 fully saturated rings. The van der Waals surface area contributed by atoms with Crippen molar-refractivity contribution >= 4 is 12.4 Å². The summed E-state index contributed by atoms with van der Waals surface area (Å²) in [6.07, 6.45) is 3.06. The zero-order chi connectivity index (χ0) is 19.7. The number of rotatable bonds is 6. The molecule has 158 valence electrons. The summed E-state index contributed by atoms with van der Waals surface area (Å²) in [5.74, 6) is 0.678. The third-order valence-corrected chi connectivity index (χ3v) is 5.27. The van der Waals surface area contributed by atoms with Crippen molar-refractivity contribution in [2.24, 2.45) is 5.92 Å². The smallest absolute Gasteiger partial charge is 0.0678 e. The van der Waals surface area contributed by atoms with Crippen LogP contribution in [0.3, 0.4) is 0 Å². The van der Waals surface area contributed by atoms with Crippen LogP contribution >= 0.6 is 12.4 Å². The molecule has 2 rings (SSSR count). The summed E-state index contributed by atoms with van der Waals surface area (Å²) in [7, 11) is 0. The van der Waals surface area contributed by atoms with Gasteiger partial charge in [-0.05, 0) is 56.1 Å². The molecule has 0 spiro atoms. The van der Waals surface area contributed by atoms with Crippen molar-refractivity contribution in [1.29, 1.82) is 0 Å². The Balaban J connectivity index is 0.00000158. The van der Waals surface area contributed by atoms with Crippen molar-refractivity contribution in [2.45, 2.75) is 78.9 Å². The highest BCUT2D eigenvalue weighted by atomic mass is 35.5. The van der Waals surface area contributed by atoms with E-state index in [-0.39, 0.29) is 24.4 Å². The van der Waals surface area contributed by atoms with Gasteiger partial charge in [-0.1, -0.05) is 52.0 Å². The van der Waals surface area contributed by atoms with E-state index in [1.54, 1.807) is 6.92 Å². The summed E-state index contributed by atoms with van der Waals surface area (Å²) in [4.78, 5) is 2.57. The van der Waals surface area contributed by atoms with Crippen LogP contribution in [0.25, 0.3) is 0 Å². The molecule has 0 amide bonds. The van der Waals surface area contributed by atoms with Crippen molar-refractivity contribution in [2.75, 3.05) is 26.2 Å². The van der Waals surface area contributed by atoms with Crippen molar-refractivity contribution < 1.29 is 9.84 Å². The highest BCUT2D eigenvalue weighted by molar-refractivity contribution is 5.85. The minimum absolute atomic E-state index is 0. The third-order valence-electron chi connectivity index (χ3n) is 5.27. The Labute approximate surface area is 173 Å². The molecule has 0 aliphatic carbocycles. The molecule has 1 N–H and O–H groups in total. The summed E-state index contributed by atoms with van der Waals surface area (Å²) in [5, 5.41) is 7.57. The highest BCUT2D eigenvalue weighted by Gasteiger charge is 2.23. The van der Waals surface area contributed by atoms with E-state index in [1.807, 2.05) is 0 Å². The number of aliphatic hydroxyl groups excluding tert-OH is 1. The summed E-state index contributed by atoms with van der Waals surface area (Å²) >= 11 is 0. The van der Waals surface area contributed by atoms with Crippen LogP contribution in [0.4, 0.5) is 0 Å². The predicted octanol–water partition coefficient (Wildman–Crippen LogP) is 5.08. The number of ether oxygens (including phenoxy) is 1. The Morgan fingerprint density at radius 3 is 2.04 bits per heavy atom. The molecule has 3 atom stereocenters.